The predicted molar refractivity (Wildman–Crippen MR) is 36.7 cm³/mol. The Morgan fingerprint density at radius 3 is 2.25 bits per heavy atom. The maximum Gasteiger partial charge on any atom is 0.500 e. The van der Waals surface area contributed by atoms with E-state index in [0.29, 0.717) is 0 Å². The minimum absolute atomic E-state index is 1.17. The fourth-order valence-corrected chi connectivity index (χ4v) is 1.46. The minimum atomic E-state index is -3.41. The van der Waals surface area contributed by atoms with Gasteiger partial charge in [0.15, 0.2) is 0 Å². The van der Waals surface area contributed by atoms with Gasteiger partial charge in [-0.3, -0.25) is 4.52 Å². The highest BCUT2D eigenvalue weighted by molar-refractivity contribution is 14.1. The number of phosphoric acid groups is 1. The van der Waals surface area contributed by atoms with Gasteiger partial charge in [-0.25, -0.2) is 7.42 Å². The molecule has 0 heterocycles. The third-order valence-corrected chi connectivity index (χ3v) is 3.13. The van der Waals surface area contributed by atoms with Crippen molar-refractivity contribution >= 4 is 42.7 Å². The molecular weight excluding hydrogens is 269 g/mol. The van der Waals surface area contributed by atoms with Gasteiger partial charge in [0.05, 0.1) is 11.9 Å². The molecule has 0 aromatic rings. The van der Waals surface area contributed by atoms with E-state index in [2.05, 4.69) is 11.5 Å². The highest BCUT2D eigenvalue weighted by atomic mass is 127. The molecule has 0 aliphatic carbocycles. The molecule has 8 heavy (non-hydrogen) atoms. The molecule has 0 aliphatic rings. The molecule has 1 unspecified atom stereocenters. The Morgan fingerprint density at radius 1 is 1.75 bits per heavy atom. The summed E-state index contributed by atoms with van der Waals surface area (Å²) in [6, 6.07) is 0. The van der Waals surface area contributed by atoms with Crippen molar-refractivity contribution in [3.63, 3.8) is 0 Å². The van der Waals surface area contributed by atoms with Crippen molar-refractivity contribution in [2.45, 2.75) is 0 Å². The summed E-state index contributed by atoms with van der Waals surface area (Å²) in [5, 5.41) is 0. The van der Waals surface area contributed by atoms with Gasteiger partial charge in [-0.2, -0.15) is 4.08 Å². The Morgan fingerprint density at radius 2 is 2.25 bits per heavy atom. The third-order valence-electron chi connectivity index (χ3n) is 0.393. The molecule has 0 fully saturated rings. The maximum absolute atomic E-state index is 10.5. The number of rotatable bonds is 3. The molecule has 0 amide bonds. The lowest BCUT2D eigenvalue weighted by atomic mass is 11.8. The van der Waals surface area contributed by atoms with E-state index in [9.17, 15) is 4.57 Å². The molecular formula is CH3ClIO4P. The summed E-state index contributed by atoms with van der Waals surface area (Å²) in [5.41, 5.74) is 0. The molecule has 0 spiro atoms. The molecule has 1 atom stereocenters. The van der Waals surface area contributed by atoms with Gasteiger partial charge >= 0.3 is 7.82 Å². The van der Waals surface area contributed by atoms with Gasteiger partial charge in [-0.15, -0.1) is 0 Å². The molecule has 0 aliphatic heterocycles. The Hall–Kier alpha value is 1.13. The molecule has 0 saturated carbocycles. The second-order valence-corrected chi connectivity index (χ2v) is 3.90. The molecule has 0 aromatic heterocycles. The van der Waals surface area contributed by atoms with Crippen LogP contribution < -0.4 is 0 Å². The van der Waals surface area contributed by atoms with Crippen LogP contribution >= 0.6 is 42.7 Å². The summed E-state index contributed by atoms with van der Waals surface area (Å²) in [7, 11) is -2.24. The van der Waals surface area contributed by atoms with Crippen molar-refractivity contribution in [3.05, 3.63) is 0 Å². The Balaban J connectivity index is 3.79. The smallest absolute Gasteiger partial charge is 0.289 e. The zero-order valence-electron chi connectivity index (χ0n) is 3.84. The first-order valence-corrected chi connectivity index (χ1v) is 4.10. The topological polar surface area (TPSA) is 44.8 Å². The van der Waals surface area contributed by atoms with E-state index in [1.165, 1.54) is 30.1 Å². The molecule has 7 heteroatoms. The largest absolute Gasteiger partial charge is 0.500 e. The van der Waals surface area contributed by atoms with Gasteiger partial charge in [0.1, 0.15) is 23.0 Å². The van der Waals surface area contributed by atoms with Crippen LogP contribution in [0.25, 0.3) is 0 Å². The summed E-state index contributed by atoms with van der Waals surface area (Å²) in [4.78, 5) is 0. The van der Waals surface area contributed by atoms with Crippen molar-refractivity contribution in [2.75, 3.05) is 7.11 Å². The first kappa shape index (κ1) is 9.13. The zero-order chi connectivity index (χ0) is 6.62. The normalized spacial score (nSPS) is 17.9. The van der Waals surface area contributed by atoms with Crippen molar-refractivity contribution in [2.24, 2.45) is 0 Å². The number of hydrogen-bond acceptors (Lipinski definition) is 4. The zero-order valence-corrected chi connectivity index (χ0v) is 7.64. The second kappa shape index (κ2) is 4.03. The van der Waals surface area contributed by atoms with Crippen LogP contribution in [0.15, 0.2) is 0 Å². The molecule has 0 saturated heterocycles. The van der Waals surface area contributed by atoms with E-state index >= 15 is 0 Å². The summed E-state index contributed by atoms with van der Waals surface area (Å²) >= 11 is 6.06. The number of halogens is 2. The summed E-state index contributed by atoms with van der Waals surface area (Å²) in [5.74, 6) is 0. The van der Waals surface area contributed by atoms with Crippen LogP contribution in [0.1, 0.15) is 0 Å². The summed E-state index contributed by atoms with van der Waals surface area (Å²) in [6.45, 7) is 0. The second-order valence-electron chi connectivity index (χ2n) is 0.768. The van der Waals surface area contributed by atoms with Gasteiger partial charge in [0, 0.05) is 7.11 Å². The van der Waals surface area contributed by atoms with E-state index < -0.39 is 7.82 Å². The lowest BCUT2D eigenvalue weighted by Gasteiger charge is -2.03. The summed E-state index contributed by atoms with van der Waals surface area (Å²) < 4.78 is 22.7. The van der Waals surface area contributed by atoms with Crippen LogP contribution in [0.3, 0.4) is 0 Å². The van der Waals surface area contributed by atoms with Crippen molar-refractivity contribution in [1.29, 1.82) is 0 Å². The molecule has 0 aromatic carbocycles. The molecule has 50 valence electrons. The average Bonchev–Trinajstić information content (AvgIpc) is 1.87. The average molecular weight is 272 g/mol. The van der Waals surface area contributed by atoms with Crippen LogP contribution in [-0.2, 0) is 16.0 Å². The van der Waals surface area contributed by atoms with Crippen LogP contribution in [0, 0.1) is 0 Å². The predicted octanol–water partition coefficient (Wildman–Crippen LogP) is 2.28. The van der Waals surface area contributed by atoms with Crippen LogP contribution in [0.2, 0.25) is 0 Å². The van der Waals surface area contributed by atoms with Crippen LogP contribution in [0.4, 0.5) is 0 Å². The first-order valence-electron chi connectivity index (χ1n) is 1.45. The highest BCUT2D eigenvalue weighted by Gasteiger charge is 2.22. The molecule has 4 nitrogen and oxygen atoms in total. The first-order chi connectivity index (χ1) is 3.68. The van der Waals surface area contributed by atoms with E-state index in [0.717, 1.165) is 0 Å². The standard InChI is InChI=1S/CH3ClIO4P/c1-5-8(4,6-2)7-3/h1H3. The quantitative estimate of drug-likeness (QED) is 0.584. The highest BCUT2D eigenvalue weighted by Crippen LogP contribution is 2.51. The minimum Gasteiger partial charge on any atom is -0.289 e. The van der Waals surface area contributed by atoms with Gasteiger partial charge in [-0.1, -0.05) is 0 Å². The Labute approximate surface area is 65.9 Å². The van der Waals surface area contributed by atoms with E-state index in [1.807, 2.05) is 0 Å². The van der Waals surface area contributed by atoms with E-state index in [1.54, 1.807) is 0 Å². The summed E-state index contributed by atoms with van der Waals surface area (Å²) in [6.07, 6.45) is 0. The lowest BCUT2D eigenvalue weighted by molar-refractivity contribution is 0.279. The van der Waals surface area contributed by atoms with Gasteiger partial charge in [0.25, 0.3) is 0 Å². The molecule has 0 radical (unpaired) electrons. The van der Waals surface area contributed by atoms with Crippen molar-refractivity contribution in [3.8, 4) is 0 Å². The van der Waals surface area contributed by atoms with E-state index in [4.69, 9.17) is 11.9 Å². The Kier molecular flexibility index (Phi) is 4.60. The fourth-order valence-electron chi connectivity index (χ4n) is 0.0670. The maximum atomic E-state index is 10.5. The van der Waals surface area contributed by atoms with Crippen molar-refractivity contribution in [1.82, 2.24) is 0 Å². The monoisotopic (exact) mass is 272 g/mol. The van der Waals surface area contributed by atoms with Gasteiger partial charge in [0.2, 0.25) is 0 Å². The third kappa shape index (κ3) is 2.61. The lowest BCUT2D eigenvalue weighted by Crippen LogP contribution is -1.81. The SMILES string of the molecule is COP(=O)(OCl)OI. The van der Waals surface area contributed by atoms with Crippen LogP contribution in [0.5, 0.6) is 0 Å². The molecule has 0 rings (SSSR count). The van der Waals surface area contributed by atoms with Crippen LogP contribution in [-0.4, -0.2) is 7.11 Å². The van der Waals surface area contributed by atoms with E-state index in [-0.39, 0.29) is 0 Å². The molecule has 0 N–H and O–H groups in total. The molecule has 0 bridgehead atoms. The Bertz CT molecular complexity index is 87.2. The van der Waals surface area contributed by atoms with Gasteiger partial charge in [-0.05, 0) is 0 Å². The number of hydrogen-bond donors (Lipinski definition) is 0. The fraction of sp³-hybridized carbons (Fsp3) is 1.00. The van der Waals surface area contributed by atoms with Gasteiger partial charge < -0.3 is 0 Å². The van der Waals surface area contributed by atoms with Crippen molar-refractivity contribution < 1.29 is 16.0 Å².